The van der Waals surface area contributed by atoms with Gasteiger partial charge in [0.2, 0.25) is 5.91 Å². The van der Waals surface area contributed by atoms with Gasteiger partial charge >= 0.3 is 0 Å². The Kier molecular flexibility index (Phi) is 6.78. The first-order valence-electron chi connectivity index (χ1n) is 11.5. The van der Waals surface area contributed by atoms with Gasteiger partial charge in [-0.25, -0.2) is 0 Å². The molecule has 5 rings (SSSR count). The Balaban J connectivity index is 1.26. The van der Waals surface area contributed by atoms with E-state index in [0.29, 0.717) is 17.9 Å². The third-order valence-electron chi connectivity index (χ3n) is 6.12. The number of hydrogen-bond donors (Lipinski definition) is 1. The van der Waals surface area contributed by atoms with Crippen LogP contribution in [0.2, 0.25) is 0 Å². The maximum absolute atomic E-state index is 13.2. The van der Waals surface area contributed by atoms with Crippen LogP contribution in [0.3, 0.4) is 0 Å². The minimum atomic E-state index is -0.512. The van der Waals surface area contributed by atoms with Crippen LogP contribution in [0.1, 0.15) is 15.9 Å². The number of fused-ring (bicyclic) bond motifs is 1. The molecule has 1 saturated heterocycles. The Morgan fingerprint density at radius 1 is 1.03 bits per heavy atom. The summed E-state index contributed by atoms with van der Waals surface area (Å²) < 4.78 is 5.85. The van der Waals surface area contributed by atoms with Crippen molar-refractivity contribution in [1.29, 1.82) is 0 Å². The third kappa shape index (κ3) is 5.26. The number of rotatable bonds is 8. The highest BCUT2D eigenvalue weighted by atomic mass is 32.2. The quantitative estimate of drug-likeness (QED) is 0.349. The SMILES string of the molecule is O=C1NC(=O)C(Cc2ccc(OCCN3CN(c4ccccc4)c4ccc([N+](=O)[O-])cc4C3=O)cc2)S1. The predicted octanol–water partition coefficient (Wildman–Crippen LogP) is 4.12. The topological polar surface area (TPSA) is 122 Å². The van der Waals surface area contributed by atoms with Crippen LogP contribution in [0.25, 0.3) is 0 Å². The average molecular weight is 519 g/mol. The van der Waals surface area contributed by atoms with Crippen LogP contribution in [-0.4, -0.2) is 51.9 Å². The Labute approximate surface area is 216 Å². The van der Waals surface area contributed by atoms with Crippen molar-refractivity contribution in [3.8, 4) is 5.75 Å². The Morgan fingerprint density at radius 2 is 1.78 bits per heavy atom. The summed E-state index contributed by atoms with van der Waals surface area (Å²) in [5.74, 6) is 0.0217. The van der Waals surface area contributed by atoms with E-state index < -0.39 is 10.2 Å². The van der Waals surface area contributed by atoms with Gasteiger partial charge in [-0.05, 0) is 42.3 Å². The summed E-state index contributed by atoms with van der Waals surface area (Å²) in [6.45, 7) is 0.760. The highest BCUT2D eigenvalue weighted by Gasteiger charge is 2.32. The summed E-state index contributed by atoms with van der Waals surface area (Å²) >= 11 is 0.989. The summed E-state index contributed by atoms with van der Waals surface area (Å²) in [5, 5.41) is 12.8. The van der Waals surface area contributed by atoms with Crippen LogP contribution >= 0.6 is 11.8 Å². The zero-order valence-corrected chi connectivity index (χ0v) is 20.3. The van der Waals surface area contributed by atoms with Crippen molar-refractivity contribution in [2.45, 2.75) is 11.7 Å². The van der Waals surface area contributed by atoms with Crippen molar-refractivity contribution < 1.29 is 24.0 Å². The molecule has 10 nitrogen and oxygen atoms in total. The van der Waals surface area contributed by atoms with Gasteiger partial charge in [-0.1, -0.05) is 42.1 Å². The van der Waals surface area contributed by atoms with Crippen molar-refractivity contribution >= 4 is 45.9 Å². The number of ether oxygens (including phenoxy) is 1. The summed E-state index contributed by atoms with van der Waals surface area (Å²) in [6, 6.07) is 21.1. The average Bonchev–Trinajstić information content (AvgIpc) is 3.22. The molecular weight excluding hydrogens is 496 g/mol. The number of para-hydroxylation sites is 1. The number of hydrogen-bond acceptors (Lipinski definition) is 8. The number of thioether (sulfide) groups is 1. The maximum atomic E-state index is 13.2. The van der Waals surface area contributed by atoms with E-state index in [2.05, 4.69) is 5.32 Å². The lowest BCUT2D eigenvalue weighted by atomic mass is 10.1. The molecule has 3 aromatic carbocycles. The van der Waals surface area contributed by atoms with E-state index in [1.807, 2.05) is 47.4 Å². The first kappa shape index (κ1) is 24.3. The number of anilines is 2. The number of nitrogens with one attached hydrogen (secondary N) is 1. The summed E-state index contributed by atoms with van der Waals surface area (Å²) in [4.78, 5) is 50.7. The molecule has 2 heterocycles. The van der Waals surface area contributed by atoms with E-state index in [0.717, 1.165) is 23.0 Å². The van der Waals surface area contributed by atoms with Gasteiger partial charge in [0.1, 0.15) is 12.4 Å². The Morgan fingerprint density at radius 3 is 2.46 bits per heavy atom. The zero-order chi connectivity index (χ0) is 25.9. The normalized spacial score (nSPS) is 17.0. The fourth-order valence-electron chi connectivity index (χ4n) is 4.26. The molecule has 188 valence electrons. The lowest BCUT2D eigenvalue weighted by molar-refractivity contribution is -0.384. The molecule has 2 aliphatic heterocycles. The summed E-state index contributed by atoms with van der Waals surface area (Å²) in [5.41, 5.74) is 2.50. The number of carbonyl (C=O) groups is 3. The van der Waals surface area contributed by atoms with Crippen molar-refractivity contribution in [3.63, 3.8) is 0 Å². The number of amides is 3. The van der Waals surface area contributed by atoms with Gasteiger partial charge in [-0.15, -0.1) is 0 Å². The van der Waals surface area contributed by atoms with Crippen LogP contribution in [0, 0.1) is 10.1 Å². The van der Waals surface area contributed by atoms with Gasteiger partial charge < -0.3 is 14.5 Å². The number of nitro benzene ring substituents is 1. The minimum Gasteiger partial charge on any atom is -0.492 e. The summed E-state index contributed by atoms with van der Waals surface area (Å²) in [6.07, 6.45) is 0.436. The standard InChI is InChI=1S/C26H22N4O6S/c31-24-23(37-26(33)27-24)14-17-6-9-20(10-7-17)36-13-12-28-16-29(18-4-2-1-3-5-18)22-11-8-19(30(34)35)15-21(22)25(28)32/h1-11,15,23H,12-14,16H2,(H,27,31,33). The number of non-ortho nitro benzene ring substituents is 1. The first-order chi connectivity index (χ1) is 17.9. The van der Waals surface area contributed by atoms with Crippen LogP contribution in [0.5, 0.6) is 5.75 Å². The molecule has 0 spiro atoms. The molecule has 1 atom stereocenters. The molecule has 0 radical (unpaired) electrons. The monoisotopic (exact) mass is 518 g/mol. The number of nitro groups is 1. The van der Waals surface area contributed by atoms with E-state index in [1.54, 1.807) is 23.1 Å². The zero-order valence-electron chi connectivity index (χ0n) is 19.5. The van der Waals surface area contributed by atoms with Gasteiger partial charge in [-0.3, -0.25) is 29.8 Å². The van der Waals surface area contributed by atoms with Gasteiger partial charge in [0.05, 0.1) is 34.6 Å². The largest absolute Gasteiger partial charge is 0.492 e. The van der Waals surface area contributed by atoms with Crippen molar-refractivity contribution in [1.82, 2.24) is 10.2 Å². The fourth-order valence-corrected chi connectivity index (χ4v) is 5.12. The third-order valence-corrected chi connectivity index (χ3v) is 7.10. The van der Waals surface area contributed by atoms with E-state index in [-0.39, 0.29) is 48.1 Å². The predicted molar refractivity (Wildman–Crippen MR) is 138 cm³/mol. The highest BCUT2D eigenvalue weighted by Crippen LogP contribution is 2.35. The van der Waals surface area contributed by atoms with Gasteiger partial charge in [0, 0.05) is 17.8 Å². The van der Waals surface area contributed by atoms with E-state index in [1.165, 1.54) is 12.1 Å². The molecule has 0 aliphatic carbocycles. The molecule has 3 aromatic rings. The van der Waals surface area contributed by atoms with E-state index in [4.69, 9.17) is 4.74 Å². The molecule has 2 aliphatic rings. The number of imide groups is 1. The molecule has 0 bridgehead atoms. The molecule has 37 heavy (non-hydrogen) atoms. The summed E-state index contributed by atoms with van der Waals surface area (Å²) in [7, 11) is 0. The Hall–Kier alpha value is -4.38. The molecular formula is C26H22N4O6S. The second-order valence-electron chi connectivity index (χ2n) is 8.51. The van der Waals surface area contributed by atoms with E-state index in [9.17, 15) is 24.5 Å². The number of carbonyl (C=O) groups excluding carboxylic acids is 3. The molecule has 1 N–H and O–H groups in total. The second kappa shape index (κ2) is 10.3. The van der Waals surface area contributed by atoms with Crippen LogP contribution < -0.4 is 15.0 Å². The number of benzene rings is 3. The van der Waals surface area contributed by atoms with Crippen LogP contribution in [0.15, 0.2) is 72.8 Å². The molecule has 11 heteroatoms. The van der Waals surface area contributed by atoms with Crippen molar-refractivity contribution in [3.05, 3.63) is 94.0 Å². The van der Waals surface area contributed by atoms with Gasteiger partial charge in [0.25, 0.3) is 16.8 Å². The maximum Gasteiger partial charge on any atom is 0.286 e. The smallest absolute Gasteiger partial charge is 0.286 e. The molecule has 3 amide bonds. The molecule has 0 saturated carbocycles. The minimum absolute atomic E-state index is 0.142. The van der Waals surface area contributed by atoms with Gasteiger partial charge in [0.15, 0.2) is 0 Å². The molecule has 1 unspecified atom stereocenters. The van der Waals surface area contributed by atoms with E-state index >= 15 is 0 Å². The van der Waals surface area contributed by atoms with Crippen LogP contribution in [0.4, 0.5) is 21.9 Å². The molecule has 0 aromatic heterocycles. The lowest BCUT2D eigenvalue weighted by Gasteiger charge is -2.38. The van der Waals surface area contributed by atoms with Gasteiger partial charge in [-0.2, -0.15) is 0 Å². The second-order valence-corrected chi connectivity index (χ2v) is 9.69. The highest BCUT2D eigenvalue weighted by molar-refractivity contribution is 8.15. The first-order valence-corrected chi connectivity index (χ1v) is 12.4. The Bertz CT molecular complexity index is 1370. The van der Waals surface area contributed by atoms with Crippen molar-refractivity contribution in [2.75, 3.05) is 24.7 Å². The van der Waals surface area contributed by atoms with Crippen molar-refractivity contribution in [2.24, 2.45) is 0 Å². The number of nitrogens with zero attached hydrogens (tertiary/aromatic N) is 3. The van der Waals surface area contributed by atoms with Crippen LogP contribution in [-0.2, 0) is 11.2 Å². The molecule has 1 fully saturated rings. The lowest BCUT2D eigenvalue weighted by Crippen LogP contribution is -2.46. The fraction of sp³-hybridized carbons (Fsp3) is 0.192.